The van der Waals surface area contributed by atoms with Gasteiger partial charge in [-0.15, -0.1) is 0 Å². The predicted molar refractivity (Wildman–Crippen MR) is 268 cm³/mol. The lowest BCUT2D eigenvalue weighted by Crippen LogP contribution is -2.79. The number of hydrogen-bond acceptors (Lipinski definition) is 14. The van der Waals surface area contributed by atoms with Crippen LogP contribution in [0.4, 0.5) is 4.79 Å². The molecule has 3 aliphatic carbocycles. The second-order valence-corrected chi connectivity index (χ2v) is 28.8. The fraction of sp³-hybridized carbons (Fsp3) is 0.648. The van der Waals surface area contributed by atoms with Crippen LogP contribution in [0.5, 0.6) is 0 Å². The molecule has 2 N–H and O–H groups in total. The van der Waals surface area contributed by atoms with Crippen LogP contribution in [0, 0.1) is 16.7 Å². The third-order valence-corrected chi connectivity index (χ3v) is 22.6. The van der Waals surface area contributed by atoms with E-state index in [-0.39, 0.29) is 40.9 Å². The van der Waals surface area contributed by atoms with Crippen LogP contribution in [-0.4, -0.2) is 109 Å². The summed E-state index contributed by atoms with van der Waals surface area (Å²) >= 11 is 6.37. The summed E-state index contributed by atoms with van der Waals surface area (Å²) in [5.74, 6) is -3.09. The summed E-state index contributed by atoms with van der Waals surface area (Å²) in [5, 5.41) is 17.5. The zero-order valence-electron chi connectivity index (χ0n) is 43.8. The first-order valence-corrected chi connectivity index (χ1v) is 27.5. The SMILES string of the molecule is C=C[C@@H]1O[C@@H]2C3=C(C)[C@@H](OC(=O)[C@H](O[Si](C(C)C)(C(C)C)C(C)C)[C@@H](NC(=O)OC(C)(C)C)c4ccc(Cl)cn4)C[C@@](O)([C@@H](OC(=O)c4ccccc4)[C@H]4[C@@](C)(CC[C@H]5OC[C@]54OC(C)=O)[C@@H]2O1)C3(C)C. The van der Waals surface area contributed by atoms with Crippen molar-refractivity contribution in [1.82, 2.24) is 10.3 Å². The molecule has 2 aromatic rings. The van der Waals surface area contributed by atoms with Crippen LogP contribution in [0.25, 0.3) is 0 Å². The van der Waals surface area contributed by atoms with Crippen molar-refractivity contribution in [2.75, 3.05) is 6.61 Å². The number of carbonyl (C=O) groups is 4. The molecular weight excluding hydrogens is 948 g/mol. The van der Waals surface area contributed by atoms with Gasteiger partial charge in [0.1, 0.15) is 41.7 Å². The highest BCUT2D eigenvalue weighted by molar-refractivity contribution is 6.77. The fourth-order valence-corrected chi connectivity index (χ4v) is 18.8. The minimum atomic E-state index is -3.03. The van der Waals surface area contributed by atoms with Gasteiger partial charge in [-0.1, -0.05) is 98.7 Å². The molecule has 1 amide bonds. The van der Waals surface area contributed by atoms with E-state index in [1.165, 1.54) is 13.1 Å². The highest BCUT2D eigenvalue weighted by atomic mass is 35.5. The number of nitrogens with zero attached hydrogens (tertiary/aromatic N) is 1. The number of rotatable bonds is 14. The largest absolute Gasteiger partial charge is 0.456 e. The number of fused-ring (bicyclic) bond motifs is 8. The molecule has 3 heterocycles. The van der Waals surface area contributed by atoms with Gasteiger partial charge >= 0.3 is 24.0 Å². The summed E-state index contributed by atoms with van der Waals surface area (Å²) in [4.78, 5) is 62.3. The number of pyridine rings is 1. The summed E-state index contributed by atoms with van der Waals surface area (Å²) in [6.07, 6.45) is -4.50. The molecule has 17 heteroatoms. The Labute approximate surface area is 425 Å². The minimum absolute atomic E-state index is 0.0206. The van der Waals surface area contributed by atoms with Crippen LogP contribution < -0.4 is 5.32 Å². The van der Waals surface area contributed by atoms with E-state index in [4.69, 9.17) is 49.2 Å². The first-order valence-electron chi connectivity index (χ1n) is 25.0. The first kappa shape index (κ1) is 54.6. The first-order chi connectivity index (χ1) is 33.1. The summed E-state index contributed by atoms with van der Waals surface area (Å²) < 4.78 is 53.1. The van der Waals surface area contributed by atoms with Gasteiger partial charge < -0.3 is 48.0 Å². The molecule has 12 atom stereocenters. The van der Waals surface area contributed by atoms with Crippen molar-refractivity contribution in [2.45, 2.75) is 199 Å². The Bertz CT molecular complexity index is 2350. The van der Waals surface area contributed by atoms with E-state index in [9.17, 15) is 19.5 Å². The van der Waals surface area contributed by atoms with E-state index in [0.717, 1.165) is 0 Å². The van der Waals surface area contributed by atoms with Gasteiger partial charge in [0.25, 0.3) is 0 Å². The molecule has 2 aliphatic heterocycles. The fourth-order valence-electron chi connectivity index (χ4n) is 13.2. The van der Waals surface area contributed by atoms with Crippen molar-refractivity contribution in [3.8, 4) is 0 Å². The number of carbonyl (C=O) groups excluding carboxylic acids is 4. The third kappa shape index (κ3) is 9.64. The highest BCUT2D eigenvalue weighted by Gasteiger charge is 2.77. The minimum Gasteiger partial charge on any atom is -0.456 e. The van der Waals surface area contributed by atoms with Gasteiger partial charge in [0.05, 0.1) is 34.9 Å². The van der Waals surface area contributed by atoms with E-state index >= 15 is 4.79 Å². The quantitative estimate of drug-likeness (QED) is 0.0788. The number of alkyl carbamates (subject to hydrolysis) is 1. The summed E-state index contributed by atoms with van der Waals surface area (Å²) in [6, 6.07) is 10.4. The predicted octanol–water partition coefficient (Wildman–Crippen LogP) is 9.90. The molecule has 1 aromatic heterocycles. The Hall–Kier alpha value is -4.16. The lowest BCUT2D eigenvalue weighted by Gasteiger charge is -2.68. The van der Waals surface area contributed by atoms with Gasteiger partial charge in [0.2, 0.25) is 8.32 Å². The Morgan fingerprint density at radius 3 is 2.15 bits per heavy atom. The number of aliphatic hydroxyl groups is 1. The molecule has 390 valence electrons. The van der Waals surface area contributed by atoms with Crippen LogP contribution in [0.3, 0.4) is 0 Å². The lowest BCUT2D eigenvalue weighted by atomic mass is 9.45. The standard InChI is InChI=1S/C54H75ClN2O13Si/c1-16-39-65-42-40-32(8)37(64-48(60)43(70-71(29(2)3,30(4)5)31(6)7)41(36-23-22-35(55)27-56-36)57-49(61)69-50(10,11)12)26-54(62,51(40,13)14)46(67-47(59)34-20-18-17-19-21-34)44-52(15,45(42)66-39)25-24-38-53(44,28-63-38)68-33(9)58/h16-23,27,29-31,37-39,41-46,62H,1,24-26,28H2,2-15H3,(H,57,61)/t37-,38+,39+,41-,42+,43+,44-,45+,46-,52+,53-,54+/m0/s1. The molecule has 2 saturated heterocycles. The van der Waals surface area contributed by atoms with Crippen LogP contribution in [0.1, 0.15) is 138 Å². The molecule has 5 aliphatic rings. The van der Waals surface area contributed by atoms with Crippen molar-refractivity contribution in [2.24, 2.45) is 16.7 Å². The topological polar surface area (TPSA) is 187 Å². The monoisotopic (exact) mass is 1020 g/mol. The summed E-state index contributed by atoms with van der Waals surface area (Å²) in [6.45, 7) is 30.6. The van der Waals surface area contributed by atoms with Crippen LogP contribution >= 0.6 is 11.6 Å². The van der Waals surface area contributed by atoms with Crippen LogP contribution in [0.2, 0.25) is 21.6 Å². The Kier molecular flexibility index (Phi) is 15.3. The van der Waals surface area contributed by atoms with E-state index in [2.05, 4.69) is 58.4 Å². The average molecular weight is 1020 g/mol. The number of nitrogens with one attached hydrogen (secondary N) is 1. The maximum Gasteiger partial charge on any atom is 0.408 e. The number of hydrogen-bond donors (Lipinski definition) is 2. The Morgan fingerprint density at radius 1 is 0.972 bits per heavy atom. The van der Waals surface area contributed by atoms with Crippen molar-refractivity contribution < 1.29 is 61.9 Å². The molecule has 0 unspecified atom stereocenters. The molecule has 4 fully saturated rings. The number of aromatic nitrogens is 1. The lowest BCUT2D eigenvalue weighted by molar-refractivity contribution is -0.345. The molecule has 1 aromatic carbocycles. The van der Waals surface area contributed by atoms with E-state index in [1.54, 1.807) is 69.3 Å². The normalized spacial score (nSPS) is 32.0. The Balaban J connectivity index is 1.45. The summed E-state index contributed by atoms with van der Waals surface area (Å²) in [5.41, 5.74) is -5.06. The number of ether oxygens (including phenoxy) is 7. The van der Waals surface area contributed by atoms with E-state index in [1.807, 2.05) is 27.7 Å². The van der Waals surface area contributed by atoms with Crippen molar-refractivity contribution in [3.05, 3.63) is 88.7 Å². The summed E-state index contributed by atoms with van der Waals surface area (Å²) in [7, 11) is -3.03. The average Bonchev–Trinajstić information content (AvgIpc) is 3.70. The van der Waals surface area contributed by atoms with Crippen LogP contribution in [-0.2, 0) is 47.2 Å². The maximum absolute atomic E-state index is 15.8. The highest BCUT2D eigenvalue weighted by Crippen LogP contribution is 2.67. The number of benzene rings is 1. The van der Waals surface area contributed by atoms with Crippen molar-refractivity contribution in [1.29, 1.82) is 0 Å². The molecule has 7 rings (SSSR count). The molecule has 71 heavy (non-hydrogen) atoms. The smallest absolute Gasteiger partial charge is 0.408 e. The van der Waals surface area contributed by atoms with Crippen LogP contribution in [0.15, 0.2) is 72.5 Å². The number of esters is 3. The van der Waals surface area contributed by atoms with Gasteiger partial charge in [0.15, 0.2) is 18.0 Å². The zero-order valence-corrected chi connectivity index (χ0v) is 45.6. The van der Waals surface area contributed by atoms with Crippen molar-refractivity contribution >= 4 is 43.9 Å². The molecule has 15 nitrogen and oxygen atoms in total. The molecule has 0 radical (unpaired) electrons. The number of halogens is 1. The Morgan fingerprint density at radius 2 is 1.62 bits per heavy atom. The van der Waals surface area contributed by atoms with E-state index < -0.39 is 115 Å². The number of amides is 1. The molecule has 0 spiro atoms. The van der Waals surface area contributed by atoms with E-state index in [0.29, 0.717) is 29.0 Å². The van der Waals surface area contributed by atoms with Gasteiger partial charge in [-0.05, 0) is 98.6 Å². The van der Waals surface area contributed by atoms with Gasteiger partial charge in [-0.2, -0.15) is 0 Å². The second-order valence-electron chi connectivity index (χ2n) is 22.9. The maximum atomic E-state index is 15.8. The molecule has 2 bridgehead atoms. The zero-order chi connectivity index (χ0) is 52.4. The van der Waals surface area contributed by atoms with Gasteiger partial charge in [-0.3, -0.25) is 9.78 Å². The molecule has 2 saturated carbocycles. The molecular formula is C54H75ClN2O13Si. The second kappa shape index (κ2) is 19.9. The van der Waals surface area contributed by atoms with Gasteiger partial charge in [0, 0.05) is 30.4 Å². The van der Waals surface area contributed by atoms with Gasteiger partial charge in [-0.25, -0.2) is 14.4 Å². The van der Waals surface area contributed by atoms with Crippen molar-refractivity contribution in [3.63, 3.8) is 0 Å². The third-order valence-electron chi connectivity index (χ3n) is 16.3.